The van der Waals surface area contributed by atoms with Gasteiger partial charge < -0.3 is 20.2 Å². The molecule has 0 saturated carbocycles. The summed E-state index contributed by atoms with van der Waals surface area (Å²) in [5, 5.41) is 24.4. The van der Waals surface area contributed by atoms with Crippen molar-refractivity contribution in [2.24, 2.45) is 5.16 Å². The molecule has 14 nitrogen and oxygen atoms in total. The first-order valence-corrected chi connectivity index (χ1v) is 19.6. The smallest absolute Gasteiger partial charge is 0.356 e. The predicted octanol–water partition coefficient (Wildman–Crippen LogP) is 5.14. The van der Waals surface area contributed by atoms with Crippen LogP contribution < -0.4 is 10.6 Å². The Morgan fingerprint density at radius 1 is 0.964 bits per heavy atom. The molecule has 1 saturated heterocycles. The molecular formula is C40H39N9O5S2. The van der Waals surface area contributed by atoms with Gasteiger partial charge in [-0.1, -0.05) is 102 Å². The van der Waals surface area contributed by atoms with Crippen LogP contribution in [-0.4, -0.2) is 84.1 Å². The van der Waals surface area contributed by atoms with E-state index in [4.69, 9.17) is 14.6 Å². The van der Waals surface area contributed by atoms with Gasteiger partial charge in [0.1, 0.15) is 35.7 Å². The van der Waals surface area contributed by atoms with E-state index >= 15 is 0 Å². The van der Waals surface area contributed by atoms with E-state index in [9.17, 15) is 14.4 Å². The third-order valence-electron chi connectivity index (χ3n) is 8.97. The highest BCUT2D eigenvalue weighted by Gasteiger charge is 2.54. The Labute approximate surface area is 331 Å². The number of ether oxygens (including phenoxy) is 1. The Bertz CT molecular complexity index is 2180. The monoisotopic (exact) mass is 789 g/mol. The number of tetrazole rings is 1. The third-order valence-corrected chi connectivity index (χ3v) is 10.9. The van der Waals surface area contributed by atoms with E-state index in [0.717, 1.165) is 16.7 Å². The lowest BCUT2D eigenvalue weighted by Gasteiger charge is -2.50. The zero-order valence-electron chi connectivity index (χ0n) is 31.0. The van der Waals surface area contributed by atoms with E-state index in [-0.39, 0.29) is 17.1 Å². The predicted molar refractivity (Wildman–Crippen MR) is 213 cm³/mol. The number of esters is 1. The van der Waals surface area contributed by atoms with Crippen LogP contribution in [0.2, 0.25) is 0 Å². The van der Waals surface area contributed by atoms with Gasteiger partial charge in [0.05, 0.1) is 12.6 Å². The number of nitrogens with one attached hydrogen (secondary N) is 2. The maximum absolute atomic E-state index is 13.9. The Hall–Kier alpha value is -6.13. The van der Waals surface area contributed by atoms with Gasteiger partial charge in [-0.3, -0.25) is 14.5 Å². The Balaban J connectivity index is 1.14. The first-order valence-electron chi connectivity index (χ1n) is 17.7. The number of rotatable bonds is 13. The lowest BCUT2D eigenvalue weighted by atomic mass is 9.77. The van der Waals surface area contributed by atoms with Crippen LogP contribution in [0.5, 0.6) is 0 Å². The number of thiazole rings is 1. The standard InChI is InChI=1S/C40H39N9O5S2/c1-39(2,3)54-37(52)34-31(21-14-22-48-42-25-41-47-48)55-24-30-33(36(51)49(30)34)44-35(50)32(46-53-4)29-23-56-38(43-29)45-40(26-15-8-5-9-16-26,27-17-10-6-11-18-27)28-19-12-7-13-20-28/h5-21,23,25,30,33H,22,24H2,1-4H3,(H,43,45)(H,44,50)/b21-14+,46-32-. The van der Waals surface area contributed by atoms with E-state index in [1.165, 1.54) is 46.2 Å². The fourth-order valence-corrected chi connectivity index (χ4v) is 8.53. The summed E-state index contributed by atoms with van der Waals surface area (Å²) in [7, 11) is 1.34. The van der Waals surface area contributed by atoms with Gasteiger partial charge in [-0.25, -0.2) is 9.78 Å². The zero-order chi connectivity index (χ0) is 39.3. The normalized spacial score (nSPS) is 17.3. The first kappa shape index (κ1) is 38.2. The van der Waals surface area contributed by atoms with Gasteiger partial charge in [0.15, 0.2) is 17.2 Å². The molecule has 1 fully saturated rings. The fourth-order valence-electron chi connectivity index (χ4n) is 6.58. The number of carbonyl (C=O) groups is 3. The van der Waals surface area contributed by atoms with Crippen molar-refractivity contribution in [1.82, 2.24) is 35.4 Å². The van der Waals surface area contributed by atoms with Crippen molar-refractivity contribution < 1.29 is 24.0 Å². The minimum Gasteiger partial charge on any atom is -0.455 e. The SMILES string of the molecule is CO/N=C(\C(=O)NC1C(=O)N2C(C(=O)OC(C)(C)C)=C(/C=C/Cn3ncnn3)SCC12)c1csc(NC(c2ccccc2)(c2ccccc2)c2ccccc2)n1. The van der Waals surface area contributed by atoms with Crippen molar-refractivity contribution in [3.8, 4) is 0 Å². The summed E-state index contributed by atoms with van der Waals surface area (Å²) in [5.41, 5.74) is 1.57. The van der Waals surface area contributed by atoms with Gasteiger partial charge in [-0.05, 0) is 48.8 Å². The molecule has 0 bridgehead atoms. The number of amides is 2. The minimum atomic E-state index is -0.933. The van der Waals surface area contributed by atoms with E-state index in [0.29, 0.717) is 22.3 Å². The largest absolute Gasteiger partial charge is 0.455 e. The van der Waals surface area contributed by atoms with Gasteiger partial charge in [0.25, 0.3) is 11.8 Å². The average Bonchev–Trinajstić information content (AvgIpc) is 3.91. The van der Waals surface area contributed by atoms with E-state index in [1.807, 2.05) is 54.6 Å². The summed E-state index contributed by atoms with van der Waals surface area (Å²) in [5.74, 6) is -1.34. The second-order valence-electron chi connectivity index (χ2n) is 13.8. The highest BCUT2D eigenvalue weighted by Crippen LogP contribution is 2.42. The number of carbonyl (C=O) groups excluding carboxylic acids is 3. The van der Waals surface area contributed by atoms with E-state index < -0.39 is 41.0 Å². The maximum atomic E-state index is 13.9. The second kappa shape index (κ2) is 16.3. The number of hydrogen-bond donors (Lipinski definition) is 2. The number of thioether (sulfide) groups is 1. The van der Waals surface area contributed by atoms with Gasteiger partial charge >= 0.3 is 5.97 Å². The zero-order valence-corrected chi connectivity index (χ0v) is 32.7. The number of hydrogen-bond acceptors (Lipinski definition) is 13. The molecule has 0 aliphatic carbocycles. The summed E-state index contributed by atoms with van der Waals surface area (Å²) in [4.78, 5) is 54.6. The number of fused-ring (bicyclic) bond motifs is 1. The van der Waals surface area contributed by atoms with Crippen LogP contribution in [0.4, 0.5) is 5.13 Å². The van der Waals surface area contributed by atoms with Gasteiger partial charge in [0.2, 0.25) is 0 Å². The van der Waals surface area contributed by atoms with Crippen molar-refractivity contribution in [3.63, 3.8) is 0 Å². The maximum Gasteiger partial charge on any atom is 0.356 e. The molecule has 2 aromatic heterocycles. The van der Waals surface area contributed by atoms with E-state index in [1.54, 1.807) is 38.3 Å². The minimum absolute atomic E-state index is 0.107. The molecule has 2 aliphatic rings. The van der Waals surface area contributed by atoms with Crippen LogP contribution >= 0.6 is 23.1 Å². The van der Waals surface area contributed by atoms with Crippen molar-refractivity contribution in [1.29, 1.82) is 0 Å². The van der Waals surface area contributed by atoms with Gasteiger partial charge in [-0.15, -0.1) is 33.3 Å². The number of aromatic nitrogens is 5. The average molecular weight is 790 g/mol. The summed E-state index contributed by atoms with van der Waals surface area (Å²) < 4.78 is 5.71. The summed E-state index contributed by atoms with van der Waals surface area (Å²) in [6, 6.07) is 28.8. The molecule has 4 heterocycles. The molecule has 2 amide bonds. The van der Waals surface area contributed by atoms with Crippen LogP contribution in [0.15, 0.2) is 131 Å². The number of nitrogens with zero attached hydrogens (tertiary/aromatic N) is 7. The number of anilines is 1. The summed E-state index contributed by atoms with van der Waals surface area (Å²) in [6.07, 6.45) is 4.84. The van der Waals surface area contributed by atoms with Gasteiger partial charge in [-0.2, -0.15) is 4.80 Å². The molecule has 3 aromatic carbocycles. The van der Waals surface area contributed by atoms with Crippen LogP contribution in [0.3, 0.4) is 0 Å². The number of β-lactam (4-membered cyclic amide) rings is 1. The molecule has 56 heavy (non-hydrogen) atoms. The Morgan fingerprint density at radius 3 is 2.14 bits per heavy atom. The lowest BCUT2D eigenvalue weighted by Crippen LogP contribution is -2.73. The summed E-state index contributed by atoms with van der Waals surface area (Å²) >= 11 is 2.69. The Kier molecular flexibility index (Phi) is 11.1. The summed E-state index contributed by atoms with van der Waals surface area (Å²) in [6.45, 7) is 5.58. The van der Waals surface area contributed by atoms with Gasteiger partial charge in [0, 0.05) is 16.0 Å². The van der Waals surface area contributed by atoms with E-state index in [2.05, 4.69) is 67.6 Å². The molecule has 7 rings (SSSR count). The first-order chi connectivity index (χ1) is 27.1. The highest BCUT2D eigenvalue weighted by molar-refractivity contribution is 8.03. The van der Waals surface area contributed by atoms with Crippen LogP contribution in [0.1, 0.15) is 43.2 Å². The molecule has 0 spiro atoms. The molecule has 5 aromatic rings. The number of benzene rings is 3. The molecule has 2 unspecified atom stereocenters. The third kappa shape index (κ3) is 7.83. The number of oxime groups is 1. The van der Waals surface area contributed by atoms with Crippen molar-refractivity contribution >= 4 is 51.7 Å². The highest BCUT2D eigenvalue weighted by atomic mass is 32.2. The molecule has 0 radical (unpaired) electrons. The quantitative estimate of drug-likeness (QED) is 0.0534. The fraction of sp³-hybridized carbons (Fsp3) is 0.250. The van der Waals surface area contributed by atoms with Crippen molar-refractivity contribution in [3.05, 3.63) is 148 Å². The topological polar surface area (TPSA) is 166 Å². The molecule has 2 atom stereocenters. The Morgan fingerprint density at radius 2 is 1.59 bits per heavy atom. The van der Waals surface area contributed by atoms with Crippen molar-refractivity contribution in [2.75, 3.05) is 18.2 Å². The van der Waals surface area contributed by atoms with Crippen LogP contribution in [-0.2, 0) is 36.0 Å². The van der Waals surface area contributed by atoms with Crippen LogP contribution in [0, 0.1) is 0 Å². The van der Waals surface area contributed by atoms with Crippen LogP contribution in [0.25, 0.3) is 0 Å². The molecule has 2 N–H and O–H groups in total. The molecule has 16 heteroatoms. The lowest BCUT2D eigenvalue weighted by molar-refractivity contribution is -0.160. The second-order valence-corrected chi connectivity index (χ2v) is 15.7. The van der Waals surface area contributed by atoms with Crippen molar-refractivity contribution in [2.45, 2.75) is 50.5 Å². The number of allylic oxidation sites excluding steroid dienone is 2. The molecule has 2 aliphatic heterocycles. The molecular weight excluding hydrogens is 751 g/mol. The molecule has 286 valence electrons.